The predicted octanol–water partition coefficient (Wildman–Crippen LogP) is 2.12. The highest BCUT2D eigenvalue weighted by atomic mass is 19.1. The van der Waals surface area contributed by atoms with Crippen LogP contribution in [0.2, 0.25) is 0 Å². The third-order valence-electron chi connectivity index (χ3n) is 3.61. The van der Waals surface area contributed by atoms with E-state index < -0.39 is 17.6 Å². The molecular weight excluding hydrogens is 365 g/mol. The highest BCUT2D eigenvalue weighted by Gasteiger charge is 2.18. The number of ether oxygens (including phenoxy) is 1. The highest BCUT2D eigenvalue weighted by Crippen LogP contribution is 2.06. The Kier molecular flexibility index (Phi) is 5.46. The van der Waals surface area contributed by atoms with Gasteiger partial charge in [-0.1, -0.05) is 17.9 Å². The molecule has 1 N–H and O–H groups in total. The molecule has 0 unspecified atom stereocenters. The summed E-state index contributed by atoms with van der Waals surface area (Å²) in [6, 6.07) is 8.97. The van der Waals surface area contributed by atoms with E-state index in [-0.39, 0.29) is 23.6 Å². The van der Waals surface area contributed by atoms with Crippen LogP contribution in [-0.2, 0) is 4.74 Å². The minimum atomic E-state index is -1.09. The molecule has 8 heteroatoms. The smallest absolute Gasteiger partial charge is 0.372 e. The molecule has 0 fully saturated rings. The van der Waals surface area contributed by atoms with Crippen molar-refractivity contribution in [1.82, 2.24) is 14.7 Å². The first-order valence-corrected chi connectivity index (χ1v) is 8.27. The van der Waals surface area contributed by atoms with Crippen molar-refractivity contribution < 1.29 is 18.7 Å². The number of aromatic nitrogens is 2. The minimum absolute atomic E-state index is 0.255. The molecule has 0 aliphatic rings. The zero-order chi connectivity index (χ0) is 20.1. The molecule has 0 bridgehead atoms. The summed E-state index contributed by atoms with van der Waals surface area (Å²) < 4.78 is 18.9. The van der Waals surface area contributed by atoms with Gasteiger partial charge in [-0.05, 0) is 37.3 Å². The van der Waals surface area contributed by atoms with E-state index in [1.54, 1.807) is 31.2 Å². The molecule has 3 rings (SSSR count). The number of carbonyl (C=O) groups excluding carboxylic acids is 2. The van der Waals surface area contributed by atoms with Crippen molar-refractivity contribution in [2.24, 2.45) is 0 Å². The lowest BCUT2D eigenvalue weighted by Crippen LogP contribution is -2.30. The van der Waals surface area contributed by atoms with E-state index in [9.17, 15) is 18.8 Å². The van der Waals surface area contributed by atoms with Crippen molar-refractivity contribution in [3.8, 4) is 11.8 Å². The summed E-state index contributed by atoms with van der Waals surface area (Å²) in [7, 11) is 0. The first-order valence-electron chi connectivity index (χ1n) is 8.27. The number of rotatable bonds is 2. The summed E-state index contributed by atoms with van der Waals surface area (Å²) in [6.45, 7) is 1.94. The number of alkyl carbamates (subject to hydrolysis) is 1. The van der Waals surface area contributed by atoms with Crippen LogP contribution in [0.3, 0.4) is 0 Å². The Morgan fingerprint density at radius 2 is 1.96 bits per heavy atom. The number of carbonyl (C=O) groups is 2. The summed E-state index contributed by atoms with van der Waals surface area (Å²) in [5, 5.41) is 2.29. The van der Waals surface area contributed by atoms with Crippen molar-refractivity contribution in [3.05, 3.63) is 81.7 Å². The maximum absolute atomic E-state index is 13.2. The van der Waals surface area contributed by atoms with Gasteiger partial charge in [-0.3, -0.25) is 9.20 Å². The van der Waals surface area contributed by atoms with Gasteiger partial charge in [-0.25, -0.2) is 19.0 Å². The van der Waals surface area contributed by atoms with Gasteiger partial charge in [0, 0.05) is 30.1 Å². The maximum Gasteiger partial charge on any atom is 0.415 e. The summed E-state index contributed by atoms with van der Waals surface area (Å²) in [5.41, 5.74) is 0.263. The molecule has 3 aromatic rings. The number of hydrogen-bond donors (Lipinski definition) is 1. The van der Waals surface area contributed by atoms with Gasteiger partial charge < -0.3 is 10.1 Å². The second-order valence-electron chi connectivity index (χ2n) is 5.59. The van der Waals surface area contributed by atoms with Gasteiger partial charge in [-0.2, -0.15) is 0 Å². The van der Waals surface area contributed by atoms with E-state index in [0.29, 0.717) is 11.1 Å². The topological polar surface area (TPSA) is 89.8 Å². The van der Waals surface area contributed by atoms with Gasteiger partial charge in [0.1, 0.15) is 17.0 Å². The Bertz CT molecular complexity index is 1190. The number of pyridine rings is 1. The Hall–Kier alpha value is -3.99. The predicted molar refractivity (Wildman–Crippen MR) is 98.3 cm³/mol. The van der Waals surface area contributed by atoms with Crippen LogP contribution in [0.1, 0.15) is 28.4 Å². The number of nitrogens with one attached hydrogen (secondary N) is 1. The Balaban J connectivity index is 1.90. The monoisotopic (exact) mass is 379 g/mol. The average Bonchev–Trinajstić information content (AvgIpc) is 2.66. The van der Waals surface area contributed by atoms with Crippen LogP contribution in [-0.4, -0.2) is 28.0 Å². The zero-order valence-corrected chi connectivity index (χ0v) is 14.7. The van der Waals surface area contributed by atoms with Crippen LogP contribution in [0, 0.1) is 17.7 Å². The normalized spacial score (nSPS) is 10.1. The molecule has 140 valence electrons. The molecule has 7 nitrogen and oxygen atoms in total. The van der Waals surface area contributed by atoms with Gasteiger partial charge >= 0.3 is 12.1 Å². The number of hydrogen-bond acceptors (Lipinski definition) is 5. The van der Waals surface area contributed by atoms with E-state index in [2.05, 4.69) is 26.9 Å². The second kappa shape index (κ2) is 8.14. The Labute approximate surface area is 158 Å². The molecule has 0 saturated heterocycles. The van der Waals surface area contributed by atoms with E-state index in [1.807, 2.05) is 0 Å². The fourth-order valence-corrected chi connectivity index (χ4v) is 2.32. The van der Waals surface area contributed by atoms with E-state index in [4.69, 9.17) is 0 Å². The average molecular weight is 379 g/mol. The molecule has 0 saturated carbocycles. The lowest BCUT2D eigenvalue weighted by Gasteiger charge is -2.05. The van der Waals surface area contributed by atoms with Gasteiger partial charge in [-0.15, -0.1) is 0 Å². The minimum Gasteiger partial charge on any atom is -0.372 e. The first-order chi connectivity index (χ1) is 13.5. The summed E-state index contributed by atoms with van der Waals surface area (Å²) in [5.74, 6) is 4.21. The summed E-state index contributed by atoms with van der Waals surface area (Å²) in [4.78, 5) is 39.8. The number of benzene rings is 1. The van der Waals surface area contributed by atoms with Gasteiger partial charge in [0.15, 0.2) is 0 Å². The molecule has 2 heterocycles. The van der Waals surface area contributed by atoms with Gasteiger partial charge in [0.05, 0.1) is 0 Å². The van der Waals surface area contributed by atoms with Crippen molar-refractivity contribution in [3.63, 3.8) is 0 Å². The number of esters is 1. The van der Waals surface area contributed by atoms with Crippen LogP contribution in [0.4, 0.5) is 9.18 Å². The SMILES string of the molecule is CCNC(=O)OC(=O)c1cnc2cc(C#Cc3cccc(F)c3)ccn2c1=O. The van der Waals surface area contributed by atoms with Crippen molar-refractivity contribution >= 4 is 17.7 Å². The van der Waals surface area contributed by atoms with Crippen molar-refractivity contribution in [2.45, 2.75) is 6.92 Å². The second-order valence-corrected chi connectivity index (χ2v) is 5.59. The van der Waals surface area contributed by atoms with Crippen LogP contribution < -0.4 is 10.9 Å². The molecule has 0 radical (unpaired) electrons. The Morgan fingerprint density at radius 3 is 2.68 bits per heavy atom. The Morgan fingerprint density at radius 1 is 1.21 bits per heavy atom. The largest absolute Gasteiger partial charge is 0.415 e. The first kappa shape index (κ1) is 18.8. The van der Waals surface area contributed by atoms with Crippen molar-refractivity contribution in [2.75, 3.05) is 6.54 Å². The number of halogens is 1. The number of amides is 1. The van der Waals surface area contributed by atoms with Crippen molar-refractivity contribution in [1.29, 1.82) is 0 Å². The molecule has 1 amide bonds. The molecule has 0 spiro atoms. The molecule has 1 aromatic carbocycles. The summed E-state index contributed by atoms with van der Waals surface area (Å²) in [6.07, 6.45) is 1.51. The quantitative estimate of drug-likeness (QED) is 0.419. The maximum atomic E-state index is 13.2. The van der Waals surface area contributed by atoms with E-state index in [0.717, 1.165) is 10.6 Å². The van der Waals surface area contributed by atoms with Crippen LogP contribution in [0.5, 0.6) is 0 Å². The molecule has 0 atom stereocenters. The molecular formula is C20H14FN3O4. The standard InChI is InChI=1S/C20H14FN3O4/c1-2-22-20(27)28-19(26)16-12-23-17-11-14(8-9-24(17)18(16)25)7-6-13-4-3-5-15(21)10-13/h3-5,8-12H,2H2,1H3,(H,22,27). The third-order valence-corrected chi connectivity index (χ3v) is 3.61. The molecule has 28 heavy (non-hydrogen) atoms. The van der Waals surface area contributed by atoms with Crippen LogP contribution >= 0.6 is 0 Å². The highest BCUT2D eigenvalue weighted by molar-refractivity contribution is 5.96. The third kappa shape index (κ3) is 4.22. The fraction of sp³-hybridized carbons (Fsp3) is 0.100. The number of nitrogens with zero attached hydrogens (tertiary/aromatic N) is 2. The number of fused-ring (bicyclic) bond motifs is 1. The van der Waals surface area contributed by atoms with Gasteiger partial charge in [0.2, 0.25) is 0 Å². The van der Waals surface area contributed by atoms with Gasteiger partial charge in [0.25, 0.3) is 5.56 Å². The summed E-state index contributed by atoms with van der Waals surface area (Å²) >= 11 is 0. The molecule has 0 aliphatic heterocycles. The fourth-order valence-electron chi connectivity index (χ4n) is 2.32. The van der Waals surface area contributed by atoms with E-state index in [1.165, 1.54) is 18.3 Å². The van der Waals surface area contributed by atoms with Crippen LogP contribution in [0.25, 0.3) is 5.65 Å². The van der Waals surface area contributed by atoms with Crippen LogP contribution in [0.15, 0.2) is 53.6 Å². The zero-order valence-electron chi connectivity index (χ0n) is 14.7. The molecule has 2 aromatic heterocycles. The lowest BCUT2D eigenvalue weighted by atomic mass is 10.2. The molecule has 0 aliphatic carbocycles. The van der Waals surface area contributed by atoms with E-state index >= 15 is 0 Å². The lowest BCUT2D eigenvalue weighted by molar-refractivity contribution is 0.0621.